The molecule has 2 aliphatic rings. The highest BCUT2D eigenvalue weighted by Crippen LogP contribution is 2.48. The number of carbonyl (C=O) groups excluding carboxylic acids is 1. The van der Waals surface area contributed by atoms with Crippen LogP contribution in [0, 0.1) is 17.7 Å². The summed E-state index contributed by atoms with van der Waals surface area (Å²) in [4.78, 5) is 16.3. The number of benzene rings is 2. The Hall–Kier alpha value is -3.61. The largest absolute Gasteiger partial charge is 0.496 e. The van der Waals surface area contributed by atoms with Crippen molar-refractivity contribution in [3.8, 4) is 28.5 Å². The molecule has 1 aliphatic heterocycles. The Morgan fingerprint density at radius 3 is 2.54 bits per heavy atom. The van der Waals surface area contributed by atoms with Gasteiger partial charge in [-0.05, 0) is 66.3 Å². The van der Waals surface area contributed by atoms with Crippen molar-refractivity contribution in [3.05, 3.63) is 71.2 Å². The van der Waals surface area contributed by atoms with Crippen LogP contribution in [0.2, 0.25) is 0 Å². The fourth-order valence-corrected chi connectivity index (χ4v) is 5.45. The molecular formula is C30H32FNO5. The lowest BCUT2D eigenvalue weighted by atomic mass is 9.82. The number of pyridine rings is 1. The minimum atomic E-state index is -0.450. The van der Waals surface area contributed by atoms with Crippen LogP contribution in [-0.2, 0) is 16.0 Å². The molecule has 3 aromatic rings. The predicted molar refractivity (Wildman–Crippen MR) is 138 cm³/mol. The number of aromatic nitrogens is 1. The van der Waals surface area contributed by atoms with Gasteiger partial charge in [-0.2, -0.15) is 0 Å². The molecule has 0 spiro atoms. The number of ether oxygens (including phenoxy) is 4. The van der Waals surface area contributed by atoms with Crippen molar-refractivity contribution in [2.24, 2.45) is 11.8 Å². The first-order valence-electron chi connectivity index (χ1n) is 12.7. The van der Waals surface area contributed by atoms with Crippen molar-refractivity contribution in [3.63, 3.8) is 0 Å². The fraction of sp³-hybridized carbons (Fsp3) is 0.400. The first-order valence-corrected chi connectivity index (χ1v) is 12.7. The number of carbonyl (C=O) groups is 1. The summed E-state index contributed by atoms with van der Waals surface area (Å²) >= 11 is 0. The molecule has 2 aromatic carbocycles. The second kappa shape index (κ2) is 10.4. The number of hydrogen-bond acceptors (Lipinski definition) is 6. The topological polar surface area (TPSA) is 66.9 Å². The second-order valence-corrected chi connectivity index (χ2v) is 9.85. The molecule has 0 amide bonds. The molecular weight excluding hydrogens is 473 g/mol. The zero-order valence-electron chi connectivity index (χ0n) is 21.6. The highest BCUT2D eigenvalue weighted by molar-refractivity contribution is 5.73. The number of hydrogen-bond donors (Lipinski definition) is 0. The number of esters is 1. The lowest BCUT2D eigenvalue weighted by molar-refractivity contribution is -0.145. The van der Waals surface area contributed by atoms with Crippen LogP contribution in [0.5, 0.6) is 17.4 Å². The van der Waals surface area contributed by atoms with E-state index in [0.29, 0.717) is 28.7 Å². The summed E-state index contributed by atoms with van der Waals surface area (Å²) in [6.45, 7) is 1.95. The molecule has 0 saturated heterocycles. The van der Waals surface area contributed by atoms with Crippen LogP contribution in [0.15, 0.2) is 48.7 Å². The third kappa shape index (κ3) is 4.99. The number of aryl methyl sites for hydroxylation is 1. The van der Waals surface area contributed by atoms with E-state index in [1.54, 1.807) is 13.2 Å². The van der Waals surface area contributed by atoms with Crippen LogP contribution in [0.3, 0.4) is 0 Å². The lowest BCUT2D eigenvalue weighted by Gasteiger charge is -2.29. The van der Waals surface area contributed by atoms with Gasteiger partial charge in [-0.3, -0.25) is 4.79 Å². The normalized spacial score (nSPS) is 18.2. The number of rotatable bonds is 8. The second-order valence-electron chi connectivity index (χ2n) is 9.85. The Kier molecular flexibility index (Phi) is 7.04. The minimum absolute atomic E-state index is 0.119. The van der Waals surface area contributed by atoms with Crippen molar-refractivity contribution in [2.75, 3.05) is 21.3 Å². The van der Waals surface area contributed by atoms with Crippen molar-refractivity contribution in [1.29, 1.82) is 0 Å². The van der Waals surface area contributed by atoms with Crippen LogP contribution in [0.1, 0.15) is 54.9 Å². The van der Waals surface area contributed by atoms with E-state index in [1.165, 1.54) is 14.2 Å². The molecule has 1 unspecified atom stereocenters. The van der Waals surface area contributed by atoms with Gasteiger partial charge < -0.3 is 18.9 Å². The SMILES string of the molecule is COC(=O)[C@@H](C)[C@H](c1ccc2c(c1)OC(c1ccc(-c3cc(OC)ncc3F)c(OC)c1)CC2)C1CC1. The smallest absolute Gasteiger partial charge is 0.309 e. The maximum Gasteiger partial charge on any atom is 0.309 e. The number of fused-ring (bicyclic) bond motifs is 1. The first-order chi connectivity index (χ1) is 17.9. The third-order valence-electron chi connectivity index (χ3n) is 7.59. The van der Waals surface area contributed by atoms with Gasteiger partial charge in [0.05, 0.1) is 33.4 Å². The predicted octanol–water partition coefficient (Wildman–Crippen LogP) is 6.27. The quantitative estimate of drug-likeness (QED) is 0.336. The van der Waals surface area contributed by atoms with Gasteiger partial charge in [-0.25, -0.2) is 9.37 Å². The Labute approximate surface area is 216 Å². The average Bonchev–Trinajstić information content (AvgIpc) is 3.77. The summed E-state index contributed by atoms with van der Waals surface area (Å²) in [6, 6.07) is 13.7. The summed E-state index contributed by atoms with van der Waals surface area (Å²) in [5.74, 6) is 1.51. The molecule has 37 heavy (non-hydrogen) atoms. The van der Waals surface area contributed by atoms with Gasteiger partial charge in [-0.15, -0.1) is 0 Å². The van der Waals surface area contributed by atoms with Crippen molar-refractivity contribution in [1.82, 2.24) is 4.98 Å². The number of methoxy groups -OCH3 is 3. The van der Waals surface area contributed by atoms with E-state index >= 15 is 0 Å². The number of nitrogens with zero attached hydrogens (tertiary/aromatic N) is 1. The summed E-state index contributed by atoms with van der Waals surface area (Å²) < 4.78 is 37.0. The van der Waals surface area contributed by atoms with E-state index in [0.717, 1.165) is 54.3 Å². The maximum absolute atomic E-state index is 14.6. The van der Waals surface area contributed by atoms with Crippen LogP contribution < -0.4 is 14.2 Å². The Balaban J connectivity index is 1.42. The maximum atomic E-state index is 14.6. The lowest BCUT2D eigenvalue weighted by Crippen LogP contribution is -2.23. The van der Waals surface area contributed by atoms with Gasteiger partial charge in [0.25, 0.3) is 0 Å². The Morgan fingerprint density at radius 2 is 1.84 bits per heavy atom. The van der Waals surface area contributed by atoms with Gasteiger partial charge in [0.15, 0.2) is 0 Å². The standard InChI is InChI=1S/C30H32FNO5/c1-17(30(33)36-4)29(19-6-7-19)21-8-5-18-10-12-25(37-26(18)14-21)20-9-11-22(27(13-20)34-2)23-15-28(35-3)32-16-24(23)31/h5,8-9,11,13-17,19,25,29H,6-7,10,12H2,1-4H3/t17-,25?,29-/m0/s1. The molecule has 0 N–H and O–H groups in total. The highest BCUT2D eigenvalue weighted by Gasteiger charge is 2.39. The molecule has 194 valence electrons. The molecule has 6 nitrogen and oxygen atoms in total. The van der Waals surface area contributed by atoms with E-state index in [1.807, 2.05) is 25.1 Å². The third-order valence-corrected chi connectivity index (χ3v) is 7.59. The minimum Gasteiger partial charge on any atom is -0.496 e. The highest BCUT2D eigenvalue weighted by atomic mass is 19.1. The van der Waals surface area contributed by atoms with E-state index in [-0.39, 0.29) is 23.9 Å². The molecule has 1 fully saturated rings. The van der Waals surface area contributed by atoms with Gasteiger partial charge in [-0.1, -0.05) is 31.2 Å². The van der Waals surface area contributed by atoms with Crippen LogP contribution in [0.4, 0.5) is 4.39 Å². The molecule has 2 heterocycles. The van der Waals surface area contributed by atoms with Crippen molar-refractivity contribution >= 4 is 5.97 Å². The molecule has 0 radical (unpaired) electrons. The summed E-state index contributed by atoms with van der Waals surface area (Å²) in [5, 5.41) is 0. The molecule has 0 bridgehead atoms. The van der Waals surface area contributed by atoms with E-state index in [4.69, 9.17) is 18.9 Å². The van der Waals surface area contributed by atoms with Gasteiger partial charge >= 0.3 is 5.97 Å². The average molecular weight is 506 g/mol. The molecule has 1 saturated carbocycles. The number of halogens is 1. The Bertz CT molecular complexity index is 1310. The van der Waals surface area contributed by atoms with Gasteiger partial charge in [0.2, 0.25) is 5.88 Å². The van der Waals surface area contributed by atoms with Crippen LogP contribution >= 0.6 is 0 Å². The van der Waals surface area contributed by atoms with E-state index < -0.39 is 5.82 Å². The zero-order chi connectivity index (χ0) is 26.1. The first kappa shape index (κ1) is 25.1. The van der Waals surface area contributed by atoms with Gasteiger partial charge in [0, 0.05) is 17.2 Å². The summed E-state index contributed by atoms with van der Waals surface area (Å²) in [5.41, 5.74) is 4.22. The fourth-order valence-electron chi connectivity index (χ4n) is 5.45. The van der Waals surface area contributed by atoms with Crippen LogP contribution in [0.25, 0.3) is 11.1 Å². The van der Waals surface area contributed by atoms with E-state index in [9.17, 15) is 9.18 Å². The van der Waals surface area contributed by atoms with Crippen molar-refractivity contribution in [2.45, 2.75) is 44.6 Å². The zero-order valence-corrected chi connectivity index (χ0v) is 21.6. The van der Waals surface area contributed by atoms with Crippen LogP contribution in [-0.4, -0.2) is 32.3 Å². The Morgan fingerprint density at radius 1 is 1.03 bits per heavy atom. The molecule has 7 heteroatoms. The molecule has 1 aliphatic carbocycles. The molecule has 1 aromatic heterocycles. The summed E-state index contributed by atoms with van der Waals surface area (Å²) in [7, 11) is 4.52. The van der Waals surface area contributed by atoms with Gasteiger partial charge in [0.1, 0.15) is 23.4 Å². The molecule has 3 atom stereocenters. The summed E-state index contributed by atoms with van der Waals surface area (Å²) in [6.07, 6.45) is 4.93. The molecule has 5 rings (SSSR count). The van der Waals surface area contributed by atoms with E-state index in [2.05, 4.69) is 23.2 Å². The monoisotopic (exact) mass is 505 g/mol. The van der Waals surface area contributed by atoms with Crippen molar-refractivity contribution < 1.29 is 28.1 Å².